The van der Waals surface area contributed by atoms with Crippen molar-refractivity contribution < 1.29 is 19.8 Å². The first-order valence-corrected chi connectivity index (χ1v) is 15.7. The van der Waals surface area contributed by atoms with Gasteiger partial charge in [-0.3, -0.25) is 9.36 Å². The summed E-state index contributed by atoms with van der Waals surface area (Å²) in [6, 6.07) is 16.0. The van der Waals surface area contributed by atoms with Crippen molar-refractivity contribution in [3.8, 4) is 11.1 Å². The van der Waals surface area contributed by atoms with Gasteiger partial charge < -0.3 is 14.9 Å². The number of aryl methyl sites for hydroxylation is 1. The zero-order valence-corrected chi connectivity index (χ0v) is 25.5. The standard InChI is InChI=1S/C34H38N6O5/c1-3-6-29-28(19-22-9-11-23(12-10-22)26-7-4-5-8-27(26)30-37-33(42)45-38-30)31(41)39(32-35-20-36-40(29)32)24-13-15-25(16-14-24)44-21(2)34(43)17-18-34/h4-5,7-12,17-18,20-21,24-25,33,42-43H,3,6,13-16,19H2,1-2H3,(H,37,38). The Bertz CT molecular complexity index is 1810. The molecule has 11 heteroatoms. The van der Waals surface area contributed by atoms with Crippen LogP contribution >= 0.6 is 0 Å². The number of benzene rings is 2. The van der Waals surface area contributed by atoms with E-state index < -0.39 is 12.0 Å². The molecular formula is C34H38N6O5. The average molecular weight is 611 g/mol. The minimum atomic E-state index is -1.23. The van der Waals surface area contributed by atoms with Crippen molar-refractivity contribution in [2.24, 2.45) is 4.99 Å². The van der Waals surface area contributed by atoms with Crippen LogP contribution < -0.4 is 11.0 Å². The van der Waals surface area contributed by atoms with Crippen LogP contribution in [-0.2, 0) is 22.4 Å². The van der Waals surface area contributed by atoms with Gasteiger partial charge in [-0.25, -0.2) is 19.8 Å². The predicted octanol–water partition coefficient (Wildman–Crippen LogP) is 3.85. The Hall–Kier alpha value is -4.16. The van der Waals surface area contributed by atoms with E-state index in [1.165, 1.54) is 6.33 Å². The van der Waals surface area contributed by atoms with E-state index in [1.54, 1.807) is 12.2 Å². The van der Waals surface area contributed by atoms with Gasteiger partial charge in [-0.1, -0.05) is 61.9 Å². The summed E-state index contributed by atoms with van der Waals surface area (Å²) in [5.74, 6) is 1.06. The van der Waals surface area contributed by atoms with E-state index in [0.29, 0.717) is 18.0 Å². The molecule has 0 spiro atoms. The lowest BCUT2D eigenvalue weighted by Crippen LogP contribution is -2.37. The molecule has 1 fully saturated rings. The molecule has 4 aromatic rings. The van der Waals surface area contributed by atoms with Crippen molar-refractivity contribution in [1.29, 1.82) is 0 Å². The lowest BCUT2D eigenvalue weighted by molar-refractivity contribution is -0.102. The predicted molar refractivity (Wildman–Crippen MR) is 169 cm³/mol. The molecule has 0 radical (unpaired) electrons. The molecular weight excluding hydrogens is 572 g/mol. The summed E-state index contributed by atoms with van der Waals surface area (Å²) in [4.78, 5) is 28.0. The molecule has 0 bridgehead atoms. The van der Waals surface area contributed by atoms with Crippen molar-refractivity contribution in [2.75, 3.05) is 0 Å². The van der Waals surface area contributed by atoms with Crippen LogP contribution in [0.5, 0.6) is 0 Å². The van der Waals surface area contributed by atoms with Crippen LogP contribution in [0.4, 0.5) is 0 Å². The summed E-state index contributed by atoms with van der Waals surface area (Å²) in [6.45, 7) is 4.01. The van der Waals surface area contributed by atoms with E-state index in [9.17, 15) is 15.0 Å². The van der Waals surface area contributed by atoms with Gasteiger partial charge in [0.1, 0.15) is 11.9 Å². The van der Waals surface area contributed by atoms with E-state index in [-0.39, 0.29) is 23.8 Å². The van der Waals surface area contributed by atoms with E-state index in [4.69, 9.17) is 9.57 Å². The molecule has 2 aromatic carbocycles. The highest BCUT2D eigenvalue weighted by atomic mass is 16.7. The van der Waals surface area contributed by atoms with Crippen molar-refractivity contribution in [1.82, 2.24) is 24.6 Å². The molecule has 11 nitrogen and oxygen atoms in total. The molecule has 2 unspecified atom stereocenters. The van der Waals surface area contributed by atoms with Gasteiger partial charge in [0, 0.05) is 23.6 Å². The van der Waals surface area contributed by atoms with E-state index >= 15 is 0 Å². The summed E-state index contributed by atoms with van der Waals surface area (Å²) in [6.07, 6.45) is 8.85. The Labute approximate surface area is 260 Å². The van der Waals surface area contributed by atoms with Crippen LogP contribution in [-0.4, -0.2) is 59.4 Å². The normalized spacial score (nSPS) is 22.8. The molecule has 0 saturated heterocycles. The summed E-state index contributed by atoms with van der Waals surface area (Å²) in [5, 5.41) is 24.6. The highest BCUT2D eigenvalue weighted by Crippen LogP contribution is 2.35. The van der Waals surface area contributed by atoms with Gasteiger partial charge in [0.25, 0.3) is 12.0 Å². The SMILES string of the molecule is CCCc1c(Cc2ccc(-c3ccccc3C3=NC(O)ON3)cc2)c(=O)n(C2CCC(OC(C)C3(O)C=C3)CC2)c2ncnn12. The maximum absolute atomic E-state index is 14.3. The third kappa shape index (κ3) is 5.72. The van der Waals surface area contributed by atoms with Crippen molar-refractivity contribution in [2.45, 2.75) is 89.1 Å². The Kier molecular flexibility index (Phi) is 7.86. The number of rotatable bonds is 10. The van der Waals surface area contributed by atoms with Gasteiger partial charge in [0.2, 0.25) is 5.78 Å². The lowest BCUT2D eigenvalue weighted by Gasteiger charge is -2.33. The van der Waals surface area contributed by atoms with E-state index in [0.717, 1.165) is 72.0 Å². The number of aliphatic hydroxyl groups is 2. The molecule has 3 N–H and O–H groups in total. The number of ether oxygens (including phenoxy) is 1. The molecule has 2 atom stereocenters. The fraction of sp³-hybridized carbons (Fsp3) is 0.412. The zero-order valence-electron chi connectivity index (χ0n) is 25.5. The number of hydrogen-bond acceptors (Lipinski definition) is 9. The summed E-state index contributed by atoms with van der Waals surface area (Å²) in [7, 11) is 0. The van der Waals surface area contributed by atoms with Crippen molar-refractivity contribution in [3.63, 3.8) is 0 Å². The van der Waals surface area contributed by atoms with Crippen LogP contribution in [0.1, 0.15) is 74.4 Å². The maximum atomic E-state index is 14.3. The summed E-state index contributed by atoms with van der Waals surface area (Å²) in [5.41, 5.74) is 7.19. The highest BCUT2D eigenvalue weighted by molar-refractivity contribution is 6.04. The first-order chi connectivity index (χ1) is 21.8. The van der Waals surface area contributed by atoms with Crippen LogP contribution in [0.25, 0.3) is 16.9 Å². The van der Waals surface area contributed by atoms with Crippen molar-refractivity contribution >= 4 is 11.6 Å². The molecule has 234 valence electrons. The molecule has 0 amide bonds. The molecule has 3 heterocycles. The zero-order chi connectivity index (χ0) is 31.1. The molecule has 1 aliphatic heterocycles. The number of hydrogen-bond donors (Lipinski definition) is 3. The Morgan fingerprint density at radius 3 is 2.49 bits per heavy atom. The van der Waals surface area contributed by atoms with Crippen LogP contribution in [0.3, 0.4) is 0 Å². The number of aliphatic hydroxyl groups excluding tert-OH is 1. The Morgan fingerprint density at radius 2 is 1.82 bits per heavy atom. The van der Waals surface area contributed by atoms with Crippen molar-refractivity contribution in [3.05, 3.63) is 99.7 Å². The minimum absolute atomic E-state index is 0.00789. The van der Waals surface area contributed by atoms with Gasteiger partial charge in [0.05, 0.1) is 17.9 Å². The third-order valence-corrected chi connectivity index (χ3v) is 9.21. The molecule has 7 rings (SSSR count). The Morgan fingerprint density at radius 1 is 1.09 bits per heavy atom. The van der Waals surface area contributed by atoms with Gasteiger partial charge in [-0.15, -0.1) is 0 Å². The molecule has 3 aliphatic rings. The number of fused-ring (bicyclic) bond motifs is 1. The monoisotopic (exact) mass is 610 g/mol. The molecule has 1 saturated carbocycles. The Balaban J connectivity index is 1.16. The lowest BCUT2D eigenvalue weighted by atomic mass is 9.92. The summed E-state index contributed by atoms with van der Waals surface area (Å²) >= 11 is 0. The maximum Gasteiger partial charge on any atom is 0.280 e. The second-order valence-electron chi connectivity index (χ2n) is 12.2. The molecule has 2 aromatic heterocycles. The van der Waals surface area contributed by atoms with Crippen LogP contribution in [0.2, 0.25) is 0 Å². The second kappa shape index (κ2) is 12.0. The fourth-order valence-corrected chi connectivity index (χ4v) is 6.62. The second-order valence-corrected chi connectivity index (χ2v) is 12.2. The summed E-state index contributed by atoms with van der Waals surface area (Å²) < 4.78 is 9.89. The number of nitrogens with zero attached hydrogens (tertiary/aromatic N) is 5. The van der Waals surface area contributed by atoms with E-state index in [2.05, 4.69) is 39.6 Å². The van der Waals surface area contributed by atoms with Gasteiger partial charge in [-0.2, -0.15) is 10.1 Å². The highest BCUT2D eigenvalue weighted by Gasteiger charge is 2.40. The topological polar surface area (TPSA) is 136 Å². The number of aromatic nitrogens is 4. The average Bonchev–Trinajstić information content (AvgIpc) is 3.40. The number of nitrogens with one attached hydrogen (secondary N) is 1. The van der Waals surface area contributed by atoms with Gasteiger partial charge in [-0.05, 0) is 67.9 Å². The number of amidine groups is 1. The van der Waals surface area contributed by atoms with Crippen LogP contribution in [0.15, 0.2) is 76.8 Å². The van der Waals surface area contributed by atoms with Crippen LogP contribution in [0, 0.1) is 0 Å². The minimum Gasteiger partial charge on any atom is -0.379 e. The third-order valence-electron chi connectivity index (χ3n) is 9.21. The molecule has 2 aliphatic carbocycles. The first kappa shape index (κ1) is 29.5. The number of aliphatic imine (C=N–C) groups is 1. The smallest absolute Gasteiger partial charge is 0.280 e. The van der Waals surface area contributed by atoms with Gasteiger partial charge >= 0.3 is 0 Å². The molecule has 45 heavy (non-hydrogen) atoms. The fourth-order valence-electron chi connectivity index (χ4n) is 6.62. The first-order valence-electron chi connectivity index (χ1n) is 15.7. The quantitative estimate of drug-likeness (QED) is 0.231. The largest absolute Gasteiger partial charge is 0.379 e. The van der Waals surface area contributed by atoms with Gasteiger partial charge in [0.15, 0.2) is 5.84 Å². The van der Waals surface area contributed by atoms with E-state index in [1.807, 2.05) is 52.4 Å². The number of hydroxylamine groups is 1.